The summed E-state index contributed by atoms with van der Waals surface area (Å²) in [6, 6.07) is 7.66. The Morgan fingerprint density at radius 1 is 1.16 bits per heavy atom. The van der Waals surface area contributed by atoms with Gasteiger partial charge in [-0.1, -0.05) is 6.07 Å². The maximum absolute atomic E-state index is 12.3. The highest BCUT2D eigenvalue weighted by atomic mass is 32.1. The van der Waals surface area contributed by atoms with E-state index in [9.17, 15) is 18.0 Å². The van der Waals surface area contributed by atoms with Crippen molar-refractivity contribution >= 4 is 17.1 Å². The second kappa shape index (κ2) is 5.44. The predicted octanol–water partition coefficient (Wildman–Crippen LogP) is 4.03. The summed E-state index contributed by atoms with van der Waals surface area (Å²) < 4.78 is 42.1. The van der Waals surface area contributed by atoms with Crippen LogP contribution in [0.3, 0.4) is 0 Å². The lowest BCUT2D eigenvalue weighted by atomic mass is 10.2. The van der Waals surface area contributed by atoms with Crippen LogP contribution in [0.15, 0.2) is 41.8 Å². The molecule has 0 amide bonds. The van der Waals surface area contributed by atoms with E-state index in [1.165, 1.54) is 23.5 Å². The Morgan fingerprint density at radius 3 is 2.37 bits per heavy atom. The highest BCUT2D eigenvalue weighted by Gasteiger charge is 2.30. The molecule has 0 atom stereocenters. The van der Waals surface area contributed by atoms with Gasteiger partial charge in [-0.3, -0.25) is 4.79 Å². The Labute approximate surface area is 111 Å². The summed E-state index contributed by atoms with van der Waals surface area (Å²) in [6.45, 7) is -0.189. The number of carbonyl (C=O) groups is 1. The maximum atomic E-state index is 12.3. The standard InChI is InChI=1S/C13H9F3O2S/c14-13(15,16)9-3-5-10(6-4-9)18-8-11(17)12-2-1-7-19-12/h1-7H,8H2. The molecule has 0 fully saturated rings. The average Bonchev–Trinajstić information content (AvgIpc) is 2.89. The molecule has 0 N–H and O–H groups in total. The van der Waals surface area contributed by atoms with Crippen LogP contribution in [-0.4, -0.2) is 12.4 Å². The molecule has 1 aromatic heterocycles. The number of ether oxygens (including phenoxy) is 1. The van der Waals surface area contributed by atoms with Crippen molar-refractivity contribution in [3.8, 4) is 5.75 Å². The van der Waals surface area contributed by atoms with Crippen molar-refractivity contribution in [1.29, 1.82) is 0 Å². The first-order valence-corrected chi connectivity index (χ1v) is 6.21. The van der Waals surface area contributed by atoms with Gasteiger partial charge in [-0.25, -0.2) is 0 Å². The number of thiophene rings is 1. The molecule has 19 heavy (non-hydrogen) atoms. The average molecular weight is 286 g/mol. The number of benzene rings is 1. The number of carbonyl (C=O) groups excluding carboxylic acids is 1. The van der Waals surface area contributed by atoms with Crippen molar-refractivity contribution < 1.29 is 22.7 Å². The van der Waals surface area contributed by atoms with Gasteiger partial charge in [0.05, 0.1) is 10.4 Å². The number of hydrogen-bond acceptors (Lipinski definition) is 3. The molecular formula is C13H9F3O2S. The number of ketones is 1. The second-order valence-corrected chi connectivity index (χ2v) is 4.66. The largest absolute Gasteiger partial charge is 0.485 e. The molecule has 2 nitrogen and oxygen atoms in total. The number of alkyl halides is 3. The molecule has 0 saturated heterocycles. The van der Waals surface area contributed by atoms with Crippen LogP contribution < -0.4 is 4.74 Å². The lowest BCUT2D eigenvalue weighted by Crippen LogP contribution is -2.10. The quantitative estimate of drug-likeness (QED) is 0.793. The van der Waals surface area contributed by atoms with Crippen LogP contribution in [0.5, 0.6) is 5.75 Å². The first kappa shape index (κ1) is 13.6. The van der Waals surface area contributed by atoms with E-state index in [0.29, 0.717) is 4.88 Å². The normalized spacial score (nSPS) is 11.3. The monoisotopic (exact) mass is 286 g/mol. The van der Waals surface area contributed by atoms with Crippen molar-refractivity contribution in [3.63, 3.8) is 0 Å². The molecule has 1 heterocycles. The number of rotatable bonds is 4. The van der Waals surface area contributed by atoms with Gasteiger partial charge in [-0.05, 0) is 35.7 Å². The van der Waals surface area contributed by atoms with Gasteiger partial charge < -0.3 is 4.74 Å². The van der Waals surface area contributed by atoms with Gasteiger partial charge in [0.2, 0.25) is 5.78 Å². The van der Waals surface area contributed by atoms with Gasteiger partial charge in [-0.2, -0.15) is 13.2 Å². The minimum absolute atomic E-state index is 0.189. The Hall–Kier alpha value is -1.82. The molecule has 0 radical (unpaired) electrons. The van der Waals surface area contributed by atoms with Crippen molar-refractivity contribution in [2.24, 2.45) is 0 Å². The molecule has 2 aromatic rings. The van der Waals surface area contributed by atoms with Gasteiger partial charge in [0.25, 0.3) is 0 Å². The van der Waals surface area contributed by atoms with Gasteiger partial charge in [0.1, 0.15) is 5.75 Å². The first-order chi connectivity index (χ1) is 8.97. The molecule has 0 spiro atoms. The molecule has 0 unspecified atom stereocenters. The van der Waals surface area contributed by atoms with Crippen LogP contribution in [-0.2, 0) is 6.18 Å². The fourth-order valence-corrected chi connectivity index (χ4v) is 2.05. The van der Waals surface area contributed by atoms with E-state index in [2.05, 4.69) is 0 Å². The predicted molar refractivity (Wildman–Crippen MR) is 65.6 cm³/mol. The smallest absolute Gasteiger partial charge is 0.416 e. The molecule has 1 aromatic carbocycles. The summed E-state index contributed by atoms with van der Waals surface area (Å²) in [5, 5.41) is 1.77. The van der Waals surface area contributed by atoms with Crippen LogP contribution in [0.25, 0.3) is 0 Å². The summed E-state index contributed by atoms with van der Waals surface area (Å²) in [4.78, 5) is 12.2. The van der Waals surface area contributed by atoms with Crippen LogP contribution in [0.4, 0.5) is 13.2 Å². The van der Waals surface area contributed by atoms with Gasteiger partial charge in [0, 0.05) is 0 Å². The summed E-state index contributed by atoms with van der Waals surface area (Å²) in [7, 11) is 0. The van der Waals surface area contributed by atoms with Crippen molar-refractivity contribution in [3.05, 3.63) is 52.2 Å². The molecular weight excluding hydrogens is 277 g/mol. The van der Waals surface area contributed by atoms with E-state index in [4.69, 9.17) is 4.74 Å². The zero-order chi connectivity index (χ0) is 13.9. The maximum Gasteiger partial charge on any atom is 0.416 e. The van der Waals surface area contributed by atoms with Crippen LogP contribution in [0.2, 0.25) is 0 Å². The summed E-state index contributed by atoms with van der Waals surface area (Å²) >= 11 is 1.29. The zero-order valence-corrected chi connectivity index (χ0v) is 10.4. The third-order valence-corrected chi connectivity index (χ3v) is 3.26. The van der Waals surface area contributed by atoms with E-state index in [1.807, 2.05) is 0 Å². The summed E-state index contributed by atoms with van der Waals surface area (Å²) in [5.74, 6) is 0.0350. The van der Waals surface area contributed by atoms with Crippen LogP contribution >= 0.6 is 11.3 Å². The molecule has 0 bridgehead atoms. The zero-order valence-electron chi connectivity index (χ0n) is 9.61. The van der Waals surface area contributed by atoms with Gasteiger partial charge >= 0.3 is 6.18 Å². The van der Waals surface area contributed by atoms with E-state index in [-0.39, 0.29) is 18.1 Å². The Morgan fingerprint density at radius 2 is 1.84 bits per heavy atom. The Balaban J connectivity index is 1.95. The molecule has 100 valence electrons. The van der Waals surface area contributed by atoms with Gasteiger partial charge in [0.15, 0.2) is 6.61 Å². The first-order valence-electron chi connectivity index (χ1n) is 5.33. The van der Waals surface area contributed by atoms with E-state index in [1.54, 1.807) is 17.5 Å². The molecule has 0 aliphatic heterocycles. The summed E-state index contributed by atoms with van der Waals surface area (Å²) in [5.41, 5.74) is -0.746. The van der Waals surface area contributed by atoms with Crippen LogP contribution in [0.1, 0.15) is 15.2 Å². The topological polar surface area (TPSA) is 26.3 Å². The Kier molecular flexibility index (Phi) is 3.90. The minimum atomic E-state index is -4.37. The van der Waals surface area contributed by atoms with Crippen molar-refractivity contribution in [2.75, 3.05) is 6.61 Å². The van der Waals surface area contributed by atoms with Crippen molar-refractivity contribution in [2.45, 2.75) is 6.18 Å². The number of halogens is 3. The van der Waals surface area contributed by atoms with E-state index in [0.717, 1.165) is 12.1 Å². The van der Waals surface area contributed by atoms with Crippen molar-refractivity contribution in [1.82, 2.24) is 0 Å². The second-order valence-electron chi connectivity index (χ2n) is 3.71. The highest BCUT2D eigenvalue weighted by Crippen LogP contribution is 2.30. The highest BCUT2D eigenvalue weighted by molar-refractivity contribution is 7.12. The lowest BCUT2D eigenvalue weighted by Gasteiger charge is -2.08. The lowest BCUT2D eigenvalue weighted by molar-refractivity contribution is -0.137. The fraction of sp³-hybridized carbons (Fsp3) is 0.154. The molecule has 0 saturated carbocycles. The molecule has 0 aliphatic rings. The van der Waals surface area contributed by atoms with E-state index >= 15 is 0 Å². The fourth-order valence-electron chi connectivity index (χ4n) is 1.40. The minimum Gasteiger partial charge on any atom is -0.485 e. The third-order valence-electron chi connectivity index (χ3n) is 2.35. The Bertz CT molecular complexity index is 544. The SMILES string of the molecule is O=C(COc1ccc(C(F)(F)F)cc1)c1cccs1. The summed E-state index contributed by atoms with van der Waals surface area (Å²) in [6.07, 6.45) is -4.37. The van der Waals surface area contributed by atoms with E-state index < -0.39 is 11.7 Å². The molecule has 0 aliphatic carbocycles. The van der Waals surface area contributed by atoms with Crippen LogP contribution in [0, 0.1) is 0 Å². The number of Topliss-reactive ketones (excluding diaryl/α,β-unsaturated/α-hetero) is 1. The third kappa shape index (κ3) is 3.57. The molecule has 6 heteroatoms. The molecule has 2 rings (SSSR count). The van der Waals surface area contributed by atoms with Gasteiger partial charge in [-0.15, -0.1) is 11.3 Å². The number of hydrogen-bond donors (Lipinski definition) is 0.